The zero-order valence-electron chi connectivity index (χ0n) is 12.6. The van der Waals surface area contributed by atoms with Crippen molar-refractivity contribution in [2.75, 3.05) is 32.7 Å². The lowest BCUT2D eigenvalue weighted by Gasteiger charge is -2.34. The van der Waals surface area contributed by atoms with Crippen LogP contribution in [0.25, 0.3) is 10.9 Å². The summed E-state index contributed by atoms with van der Waals surface area (Å²) in [5.41, 5.74) is 2.60. The number of carbonyl (C=O) groups is 1. The highest BCUT2D eigenvalue weighted by atomic mass is 16.2. The van der Waals surface area contributed by atoms with Crippen molar-refractivity contribution in [1.29, 1.82) is 0 Å². The van der Waals surface area contributed by atoms with E-state index in [0.717, 1.165) is 39.1 Å². The molecular formula is C17H23N3O. The van der Waals surface area contributed by atoms with Crippen molar-refractivity contribution in [3.05, 3.63) is 36.0 Å². The number of nitrogens with one attached hydrogen (secondary N) is 1. The third-order valence-corrected chi connectivity index (χ3v) is 4.40. The fraction of sp³-hybridized carbons (Fsp3) is 0.471. The molecule has 1 fully saturated rings. The Bertz CT molecular complexity index is 611. The van der Waals surface area contributed by atoms with Gasteiger partial charge in [0.1, 0.15) is 0 Å². The highest BCUT2D eigenvalue weighted by Gasteiger charge is 2.19. The maximum Gasteiger partial charge on any atom is 0.222 e. The van der Waals surface area contributed by atoms with Gasteiger partial charge in [0.25, 0.3) is 0 Å². The summed E-state index contributed by atoms with van der Waals surface area (Å²) in [6.45, 7) is 6.74. The Balaban J connectivity index is 1.54. The van der Waals surface area contributed by atoms with Crippen molar-refractivity contribution >= 4 is 16.8 Å². The molecule has 4 nitrogen and oxygen atoms in total. The molecule has 0 bridgehead atoms. The molecule has 1 N–H and O–H groups in total. The van der Waals surface area contributed by atoms with Crippen LogP contribution in [0.15, 0.2) is 30.5 Å². The number of aromatic nitrogens is 1. The lowest BCUT2D eigenvalue weighted by Crippen LogP contribution is -2.48. The molecule has 0 atom stereocenters. The number of para-hydroxylation sites is 1. The number of hydrogen-bond acceptors (Lipinski definition) is 2. The molecule has 1 aliphatic heterocycles. The van der Waals surface area contributed by atoms with Gasteiger partial charge in [0, 0.05) is 56.2 Å². The summed E-state index contributed by atoms with van der Waals surface area (Å²) in [6, 6.07) is 8.45. The van der Waals surface area contributed by atoms with Crippen LogP contribution >= 0.6 is 0 Å². The Morgan fingerprint density at radius 3 is 2.71 bits per heavy atom. The molecule has 3 rings (SSSR count). The first-order chi connectivity index (χ1) is 10.3. The second kappa shape index (κ2) is 6.31. The smallest absolute Gasteiger partial charge is 0.222 e. The fourth-order valence-corrected chi connectivity index (χ4v) is 3.06. The molecule has 2 aromatic rings. The normalized spacial score (nSPS) is 16.5. The molecule has 1 aromatic carbocycles. The molecule has 1 aromatic heterocycles. The van der Waals surface area contributed by atoms with E-state index < -0.39 is 0 Å². The molecule has 1 saturated heterocycles. The van der Waals surface area contributed by atoms with Gasteiger partial charge in [-0.2, -0.15) is 0 Å². The van der Waals surface area contributed by atoms with E-state index in [-0.39, 0.29) is 5.91 Å². The quantitative estimate of drug-likeness (QED) is 0.936. The Kier molecular flexibility index (Phi) is 4.25. The number of benzene rings is 1. The largest absolute Gasteiger partial charge is 0.361 e. The summed E-state index contributed by atoms with van der Waals surface area (Å²) in [4.78, 5) is 19.4. The van der Waals surface area contributed by atoms with Gasteiger partial charge in [-0.15, -0.1) is 0 Å². The minimum absolute atomic E-state index is 0.284. The van der Waals surface area contributed by atoms with Crippen molar-refractivity contribution in [1.82, 2.24) is 14.8 Å². The predicted molar refractivity (Wildman–Crippen MR) is 85.3 cm³/mol. The van der Waals surface area contributed by atoms with Crippen LogP contribution in [-0.2, 0) is 11.2 Å². The molecule has 0 aliphatic carbocycles. The Hall–Kier alpha value is -1.81. The maximum atomic E-state index is 11.7. The summed E-state index contributed by atoms with van der Waals surface area (Å²) >= 11 is 0. The number of H-pyrrole nitrogens is 1. The van der Waals surface area contributed by atoms with E-state index in [9.17, 15) is 4.79 Å². The molecule has 0 unspecified atom stereocenters. The third-order valence-electron chi connectivity index (χ3n) is 4.40. The number of fused-ring (bicyclic) bond motifs is 1. The first-order valence-corrected chi connectivity index (χ1v) is 7.83. The Labute approximate surface area is 125 Å². The van der Waals surface area contributed by atoms with Crippen molar-refractivity contribution in [2.45, 2.75) is 19.8 Å². The Morgan fingerprint density at radius 2 is 1.95 bits per heavy atom. The average molecular weight is 285 g/mol. The minimum Gasteiger partial charge on any atom is -0.361 e. The van der Waals surface area contributed by atoms with Crippen LogP contribution in [0.3, 0.4) is 0 Å². The van der Waals surface area contributed by atoms with Crippen molar-refractivity contribution in [3.63, 3.8) is 0 Å². The number of hydrogen-bond donors (Lipinski definition) is 1. The van der Waals surface area contributed by atoms with E-state index in [4.69, 9.17) is 0 Å². The molecule has 21 heavy (non-hydrogen) atoms. The molecule has 1 aliphatic rings. The van der Waals surface area contributed by atoms with Crippen LogP contribution in [0.1, 0.15) is 18.9 Å². The standard InChI is InChI=1S/C17H23N3O/c1-2-17(21)20-11-9-19(10-12-20)8-7-14-13-18-16-6-4-3-5-15(14)16/h3-6,13,18H,2,7-12H2,1H3. The third kappa shape index (κ3) is 3.10. The van der Waals surface area contributed by atoms with E-state index >= 15 is 0 Å². The summed E-state index contributed by atoms with van der Waals surface area (Å²) in [6.07, 6.45) is 3.81. The monoisotopic (exact) mass is 285 g/mol. The SMILES string of the molecule is CCC(=O)N1CCN(CCc2c[nH]c3ccccc23)CC1. The van der Waals surface area contributed by atoms with Crippen LogP contribution in [-0.4, -0.2) is 53.4 Å². The molecule has 4 heteroatoms. The number of amides is 1. The summed E-state index contributed by atoms with van der Waals surface area (Å²) in [5, 5.41) is 1.33. The maximum absolute atomic E-state index is 11.7. The van der Waals surface area contributed by atoms with Crippen molar-refractivity contribution in [2.24, 2.45) is 0 Å². The van der Waals surface area contributed by atoms with E-state index in [1.54, 1.807) is 0 Å². The van der Waals surface area contributed by atoms with Gasteiger partial charge in [0.2, 0.25) is 5.91 Å². The highest BCUT2D eigenvalue weighted by Crippen LogP contribution is 2.18. The van der Waals surface area contributed by atoms with Crippen LogP contribution in [0, 0.1) is 0 Å². The highest BCUT2D eigenvalue weighted by molar-refractivity contribution is 5.83. The number of rotatable bonds is 4. The number of piperazine rings is 1. The first-order valence-electron chi connectivity index (χ1n) is 7.83. The van der Waals surface area contributed by atoms with E-state index in [0.29, 0.717) is 6.42 Å². The molecular weight excluding hydrogens is 262 g/mol. The van der Waals surface area contributed by atoms with E-state index in [2.05, 4.69) is 40.3 Å². The topological polar surface area (TPSA) is 39.3 Å². The van der Waals surface area contributed by atoms with Gasteiger partial charge in [-0.05, 0) is 18.1 Å². The van der Waals surface area contributed by atoms with Gasteiger partial charge in [-0.1, -0.05) is 25.1 Å². The van der Waals surface area contributed by atoms with Gasteiger partial charge in [0.05, 0.1) is 0 Å². The fourth-order valence-electron chi connectivity index (χ4n) is 3.06. The van der Waals surface area contributed by atoms with E-state index in [1.807, 2.05) is 11.8 Å². The van der Waals surface area contributed by atoms with Crippen LogP contribution in [0.2, 0.25) is 0 Å². The molecule has 0 spiro atoms. The average Bonchev–Trinajstić information content (AvgIpc) is 2.96. The lowest BCUT2D eigenvalue weighted by molar-refractivity contribution is -0.132. The number of carbonyl (C=O) groups excluding carboxylic acids is 1. The second-order valence-electron chi connectivity index (χ2n) is 5.69. The van der Waals surface area contributed by atoms with Gasteiger partial charge >= 0.3 is 0 Å². The van der Waals surface area contributed by atoms with Crippen molar-refractivity contribution < 1.29 is 4.79 Å². The van der Waals surface area contributed by atoms with Gasteiger partial charge < -0.3 is 9.88 Å². The summed E-state index contributed by atoms with van der Waals surface area (Å²) in [7, 11) is 0. The Morgan fingerprint density at radius 1 is 1.19 bits per heavy atom. The lowest BCUT2D eigenvalue weighted by atomic mass is 10.1. The van der Waals surface area contributed by atoms with Gasteiger partial charge in [0.15, 0.2) is 0 Å². The second-order valence-corrected chi connectivity index (χ2v) is 5.69. The summed E-state index contributed by atoms with van der Waals surface area (Å²) in [5.74, 6) is 0.284. The van der Waals surface area contributed by atoms with Crippen LogP contribution in [0.5, 0.6) is 0 Å². The molecule has 112 valence electrons. The number of aromatic amines is 1. The molecule has 0 radical (unpaired) electrons. The zero-order chi connectivity index (χ0) is 14.7. The van der Waals surface area contributed by atoms with Gasteiger partial charge in [-0.25, -0.2) is 0 Å². The van der Waals surface area contributed by atoms with Crippen LogP contribution in [0.4, 0.5) is 0 Å². The minimum atomic E-state index is 0.284. The summed E-state index contributed by atoms with van der Waals surface area (Å²) < 4.78 is 0. The molecule has 1 amide bonds. The number of nitrogens with zero attached hydrogens (tertiary/aromatic N) is 2. The van der Waals surface area contributed by atoms with E-state index in [1.165, 1.54) is 16.5 Å². The van der Waals surface area contributed by atoms with Crippen molar-refractivity contribution in [3.8, 4) is 0 Å². The molecule has 2 heterocycles. The van der Waals surface area contributed by atoms with Crippen LogP contribution < -0.4 is 0 Å². The zero-order valence-corrected chi connectivity index (χ0v) is 12.6. The first kappa shape index (κ1) is 14.1. The molecule has 0 saturated carbocycles. The predicted octanol–water partition coefficient (Wildman–Crippen LogP) is 2.26. The van der Waals surface area contributed by atoms with Gasteiger partial charge in [-0.3, -0.25) is 9.69 Å².